The number of hydrogen-bond acceptors (Lipinski definition) is 4. The number of benzene rings is 1. The van der Waals surface area contributed by atoms with Crippen LogP contribution in [0.15, 0.2) is 24.3 Å². The molecule has 1 N–H and O–H groups in total. The summed E-state index contributed by atoms with van der Waals surface area (Å²) in [5, 5.41) is -0.964. The molecule has 1 rings (SSSR count). The van der Waals surface area contributed by atoms with E-state index in [2.05, 4.69) is 4.74 Å². The Labute approximate surface area is 100 Å². The highest BCUT2D eigenvalue weighted by atomic mass is 32.2. The summed E-state index contributed by atoms with van der Waals surface area (Å²) in [7, 11) is -2.86. The van der Waals surface area contributed by atoms with Crippen LogP contribution < -0.4 is 0 Å². The van der Waals surface area contributed by atoms with Gasteiger partial charge < -0.3 is 4.74 Å². The molecule has 94 valence electrons. The second kappa shape index (κ2) is 5.29. The molecule has 0 fully saturated rings. The Hall–Kier alpha value is -1.40. The van der Waals surface area contributed by atoms with Crippen molar-refractivity contribution in [2.24, 2.45) is 0 Å². The van der Waals surface area contributed by atoms with Crippen molar-refractivity contribution in [1.82, 2.24) is 0 Å². The second-order valence-corrected chi connectivity index (χ2v) is 5.12. The molecule has 0 heterocycles. The predicted octanol–water partition coefficient (Wildman–Crippen LogP) is 1.81. The first kappa shape index (κ1) is 13.7. The SMILES string of the molecule is CCC(c1ccc(C(=O)OC)cc1)S(=O)(=O)O. The number of ether oxygens (including phenoxy) is 1. The minimum Gasteiger partial charge on any atom is -0.465 e. The molecule has 1 unspecified atom stereocenters. The number of rotatable bonds is 4. The second-order valence-electron chi connectivity index (χ2n) is 3.53. The van der Waals surface area contributed by atoms with Gasteiger partial charge in [0, 0.05) is 0 Å². The largest absolute Gasteiger partial charge is 0.465 e. The van der Waals surface area contributed by atoms with E-state index in [1.165, 1.54) is 31.4 Å². The molecule has 0 amide bonds. The Bertz CT molecular complexity index is 489. The van der Waals surface area contributed by atoms with Crippen LogP contribution in [-0.2, 0) is 14.9 Å². The van der Waals surface area contributed by atoms with Gasteiger partial charge in [-0.25, -0.2) is 4.79 Å². The van der Waals surface area contributed by atoms with Crippen LogP contribution >= 0.6 is 0 Å². The summed E-state index contributed by atoms with van der Waals surface area (Å²) in [4.78, 5) is 11.2. The van der Waals surface area contributed by atoms with Crippen molar-refractivity contribution >= 4 is 16.1 Å². The number of carbonyl (C=O) groups is 1. The number of hydrogen-bond donors (Lipinski definition) is 1. The van der Waals surface area contributed by atoms with Crippen LogP contribution in [-0.4, -0.2) is 26.0 Å². The van der Waals surface area contributed by atoms with Gasteiger partial charge in [-0.3, -0.25) is 4.55 Å². The Balaban J connectivity index is 3.05. The summed E-state index contributed by atoms with van der Waals surface area (Å²) in [6.45, 7) is 1.66. The van der Waals surface area contributed by atoms with Crippen LogP contribution in [0, 0.1) is 0 Å². The predicted molar refractivity (Wildman–Crippen MR) is 62.4 cm³/mol. The van der Waals surface area contributed by atoms with Crippen LogP contribution in [0.5, 0.6) is 0 Å². The lowest BCUT2D eigenvalue weighted by Crippen LogP contribution is -2.11. The van der Waals surface area contributed by atoms with Crippen LogP contribution in [0.25, 0.3) is 0 Å². The van der Waals surface area contributed by atoms with Crippen LogP contribution in [0.1, 0.15) is 34.5 Å². The van der Waals surface area contributed by atoms with Crippen molar-refractivity contribution in [3.8, 4) is 0 Å². The van der Waals surface area contributed by atoms with E-state index in [1.807, 2.05) is 0 Å². The lowest BCUT2D eigenvalue weighted by molar-refractivity contribution is 0.0600. The lowest BCUT2D eigenvalue weighted by Gasteiger charge is -2.12. The summed E-state index contributed by atoms with van der Waals surface area (Å²) in [5.74, 6) is -0.489. The van der Waals surface area contributed by atoms with E-state index >= 15 is 0 Å². The minimum absolute atomic E-state index is 0.260. The summed E-state index contributed by atoms with van der Waals surface area (Å²) < 4.78 is 35.8. The van der Waals surface area contributed by atoms with Gasteiger partial charge >= 0.3 is 5.97 Å². The zero-order valence-corrected chi connectivity index (χ0v) is 10.4. The molecule has 6 heteroatoms. The molecule has 0 spiro atoms. The standard InChI is InChI=1S/C11H14O5S/c1-3-10(17(13,14)15)8-4-6-9(7-5-8)11(12)16-2/h4-7,10H,3H2,1-2H3,(H,13,14,15). The first-order valence-corrected chi connectivity index (χ1v) is 6.55. The summed E-state index contributed by atoms with van der Waals surface area (Å²) in [6.07, 6.45) is 0.260. The molecule has 1 aromatic rings. The molecule has 5 nitrogen and oxygen atoms in total. The van der Waals surface area contributed by atoms with Crippen molar-refractivity contribution < 1.29 is 22.5 Å². The van der Waals surface area contributed by atoms with Crippen molar-refractivity contribution in [3.05, 3.63) is 35.4 Å². The maximum atomic E-state index is 11.2. The fourth-order valence-electron chi connectivity index (χ4n) is 1.57. The van der Waals surface area contributed by atoms with E-state index in [9.17, 15) is 13.2 Å². The summed E-state index contributed by atoms with van der Waals surface area (Å²) in [5.41, 5.74) is 0.782. The van der Waals surface area contributed by atoms with Gasteiger partial charge in [0.05, 0.1) is 12.7 Å². The topological polar surface area (TPSA) is 80.7 Å². The molecule has 1 aromatic carbocycles. The van der Waals surface area contributed by atoms with Crippen LogP contribution in [0.4, 0.5) is 0 Å². The first-order valence-electron chi connectivity index (χ1n) is 5.04. The molecule has 1 atom stereocenters. The van der Waals surface area contributed by atoms with Gasteiger partial charge in [0.2, 0.25) is 0 Å². The Morgan fingerprint density at radius 2 is 1.88 bits per heavy atom. The molecule has 0 aliphatic carbocycles. The minimum atomic E-state index is -4.12. The quantitative estimate of drug-likeness (QED) is 0.658. The highest BCUT2D eigenvalue weighted by Gasteiger charge is 2.23. The van der Waals surface area contributed by atoms with Gasteiger partial charge in [0.1, 0.15) is 5.25 Å². The Morgan fingerprint density at radius 1 is 1.35 bits per heavy atom. The molecule has 0 bridgehead atoms. The fraction of sp³-hybridized carbons (Fsp3) is 0.364. The average molecular weight is 258 g/mol. The van der Waals surface area contributed by atoms with Crippen LogP contribution in [0.2, 0.25) is 0 Å². The van der Waals surface area contributed by atoms with Crippen LogP contribution in [0.3, 0.4) is 0 Å². The Morgan fingerprint density at radius 3 is 2.24 bits per heavy atom. The third-order valence-electron chi connectivity index (χ3n) is 2.43. The molecule has 0 aliphatic heterocycles. The number of carbonyl (C=O) groups excluding carboxylic acids is 1. The molecular formula is C11H14O5S. The van der Waals surface area contributed by atoms with E-state index < -0.39 is 21.3 Å². The maximum absolute atomic E-state index is 11.2. The van der Waals surface area contributed by atoms with Crippen molar-refractivity contribution in [3.63, 3.8) is 0 Å². The zero-order valence-electron chi connectivity index (χ0n) is 9.58. The van der Waals surface area contributed by atoms with Gasteiger partial charge in [0.25, 0.3) is 10.1 Å². The highest BCUT2D eigenvalue weighted by molar-refractivity contribution is 7.86. The third kappa shape index (κ3) is 3.28. The highest BCUT2D eigenvalue weighted by Crippen LogP contribution is 2.25. The van der Waals surface area contributed by atoms with Gasteiger partial charge in [-0.05, 0) is 24.1 Å². The smallest absolute Gasteiger partial charge is 0.337 e. The fourth-order valence-corrected chi connectivity index (χ4v) is 2.49. The van der Waals surface area contributed by atoms with E-state index in [0.29, 0.717) is 11.1 Å². The normalized spacial score (nSPS) is 13.1. The molecule has 0 aromatic heterocycles. The molecule has 0 radical (unpaired) electrons. The van der Waals surface area contributed by atoms with E-state index in [4.69, 9.17) is 4.55 Å². The number of methoxy groups -OCH3 is 1. The van der Waals surface area contributed by atoms with E-state index in [0.717, 1.165) is 0 Å². The number of esters is 1. The van der Waals surface area contributed by atoms with Crippen molar-refractivity contribution in [1.29, 1.82) is 0 Å². The zero-order chi connectivity index (χ0) is 13.1. The van der Waals surface area contributed by atoms with E-state index in [-0.39, 0.29) is 6.42 Å². The van der Waals surface area contributed by atoms with Gasteiger partial charge in [-0.1, -0.05) is 19.1 Å². The molecule has 17 heavy (non-hydrogen) atoms. The maximum Gasteiger partial charge on any atom is 0.337 e. The monoisotopic (exact) mass is 258 g/mol. The molecular weight excluding hydrogens is 244 g/mol. The lowest BCUT2D eigenvalue weighted by atomic mass is 10.1. The Kier molecular flexibility index (Phi) is 4.25. The molecule has 0 aliphatic rings. The molecule has 0 saturated heterocycles. The summed E-state index contributed by atoms with van der Waals surface area (Å²) >= 11 is 0. The van der Waals surface area contributed by atoms with Crippen molar-refractivity contribution in [2.45, 2.75) is 18.6 Å². The summed E-state index contributed by atoms with van der Waals surface area (Å²) in [6, 6.07) is 5.92. The first-order chi connectivity index (χ1) is 7.90. The molecule has 0 saturated carbocycles. The average Bonchev–Trinajstić information content (AvgIpc) is 2.28. The van der Waals surface area contributed by atoms with Crippen molar-refractivity contribution in [2.75, 3.05) is 7.11 Å². The van der Waals surface area contributed by atoms with Gasteiger partial charge in [-0.15, -0.1) is 0 Å². The third-order valence-corrected chi connectivity index (χ3v) is 3.76. The van der Waals surface area contributed by atoms with Gasteiger partial charge in [-0.2, -0.15) is 8.42 Å². The van der Waals surface area contributed by atoms with E-state index in [1.54, 1.807) is 6.92 Å². The van der Waals surface area contributed by atoms with Gasteiger partial charge in [0.15, 0.2) is 0 Å².